The van der Waals surface area contributed by atoms with Crippen molar-refractivity contribution in [2.45, 2.75) is 18.9 Å². The molecule has 0 aromatic rings. The molecule has 86 valence electrons. The molecular formula is C9H16N2O4. The Bertz CT molecular complexity index is 252. The van der Waals surface area contributed by atoms with Crippen molar-refractivity contribution in [1.82, 2.24) is 10.2 Å². The Morgan fingerprint density at radius 1 is 1.53 bits per heavy atom. The summed E-state index contributed by atoms with van der Waals surface area (Å²) in [4.78, 5) is 23.1. The lowest BCUT2D eigenvalue weighted by Gasteiger charge is -2.18. The van der Waals surface area contributed by atoms with Gasteiger partial charge in [0.05, 0.1) is 6.54 Å². The molecule has 0 radical (unpaired) electrons. The maximum atomic E-state index is 11.3. The van der Waals surface area contributed by atoms with E-state index in [4.69, 9.17) is 10.2 Å². The van der Waals surface area contributed by atoms with E-state index in [-0.39, 0.29) is 12.6 Å². The van der Waals surface area contributed by atoms with Gasteiger partial charge in [-0.1, -0.05) is 0 Å². The zero-order chi connectivity index (χ0) is 11.4. The predicted octanol–water partition coefficient (Wildman–Crippen LogP) is -0.517. The van der Waals surface area contributed by atoms with Crippen LogP contribution in [0, 0.1) is 5.92 Å². The summed E-state index contributed by atoms with van der Waals surface area (Å²) >= 11 is 0. The molecule has 0 aromatic carbocycles. The van der Waals surface area contributed by atoms with Gasteiger partial charge >= 0.3 is 12.0 Å². The highest BCUT2D eigenvalue weighted by Gasteiger charge is 2.25. The van der Waals surface area contributed by atoms with E-state index in [9.17, 15) is 9.59 Å². The second-order valence-corrected chi connectivity index (χ2v) is 3.86. The Balaban J connectivity index is 2.18. The first-order chi connectivity index (χ1) is 7.00. The summed E-state index contributed by atoms with van der Waals surface area (Å²) in [5, 5.41) is 19.6. The molecule has 0 spiro atoms. The minimum atomic E-state index is -1.54. The summed E-state index contributed by atoms with van der Waals surface area (Å²) < 4.78 is 0. The van der Waals surface area contributed by atoms with Gasteiger partial charge in [-0.2, -0.15) is 0 Å². The number of nitrogens with one attached hydrogen (secondary N) is 1. The molecule has 0 aliphatic heterocycles. The molecule has 3 N–H and O–H groups in total. The van der Waals surface area contributed by atoms with Crippen LogP contribution in [-0.2, 0) is 4.79 Å². The number of aliphatic carboxylic acids is 1. The maximum Gasteiger partial charge on any atom is 0.334 e. The Hall–Kier alpha value is -1.30. The monoisotopic (exact) mass is 216 g/mol. The van der Waals surface area contributed by atoms with Crippen molar-refractivity contribution in [3.8, 4) is 0 Å². The number of carboxylic acids is 1. The molecule has 6 nitrogen and oxygen atoms in total. The predicted molar refractivity (Wildman–Crippen MR) is 52.4 cm³/mol. The van der Waals surface area contributed by atoms with Crippen LogP contribution in [0.1, 0.15) is 12.8 Å². The van der Waals surface area contributed by atoms with Crippen LogP contribution in [0.5, 0.6) is 0 Å². The lowest BCUT2D eigenvalue weighted by Crippen LogP contribution is -2.43. The smallest absolute Gasteiger partial charge is 0.334 e. The van der Waals surface area contributed by atoms with Crippen molar-refractivity contribution in [2.75, 3.05) is 20.1 Å². The Kier molecular flexibility index (Phi) is 3.90. The second-order valence-electron chi connectivity index (χ2n) is 3.86. The minimum Gasteiger partial charge on any atom is -0.479 e. The van der Waals surface area contributed by atoms with Gasteiger partial charge in [0.2, 0.25) is 0 Å². The largest absolute Gasteiger partial charge is 0.479 e. The Morgan fingerprint density at radius 2 is 2.13 bits per heavy atom. The summed E-state index contributed by atoms with van der Waals surface area (Å²) in [7, 11) is 1.65. The molecule has 1 aliphatic rings. The molecule has 6 heteroatoms. The number of carbonyl (C=O) groups excluding carboxylic acids is 1. The fraction of sp³-hybridized carbons (Fsp3) is 0.778. The van der Waals surface area contributed by atoms with Crippen LogP contribution in [0.3, 0.4) is 0 Å². The van der Waals surface area contributed by atoms with E-state index in [1.807, 2.05) is 0 Å². The molecule has 2 amide bonds. The molecule has 0 aromatic heterocycles. The molecule has 0 saturated heterocycles. The maximum absolute atomic E-state index is 11.3. The third kappa shape index (κ3) is 4.16. The van der Waals surface area contributed by atoms with E-state index in [1.54, 1.807) is 7.05 Å². The number of hydrogen-bond donors (Lipinski definition) is 3. The van der Waals surface area contributed by atoms with E-state index in [0.29, 0.717) is 12.5 Å². The molecule has 0 bridgehead atoms. The summed E-state index contributed by atoms with van der Waals surface area (Å²) in [5.74, 6) is -0.745. The van der Waals surface area contributed by atoms with Crippen molar-refractivity contribution in [1.29, 1.82) is 0 Å². The quantitative estimate of drug-likeness (QED) is 0.577. The number of aliphatic hydroxyl groups excluding tert-OH is 1. The first-order valence-corrected chi connectivity index (χ1v) is 4.90. The van der Waals surface area contributed by atoms with Gasteiger partial charge in [-0.15, -0.1) is 0 Å². The normalized spacial score (nSPS) is 16.9. The minimum absolute atomic E-state index is 0.261. The molecule has 1 fully saturated rings. The zero-order valence-electron chi connectivity index (χ0n) is 8.64. The zero-order valence-corrected chi connectivity index (χ0v) is 8.64. The number of carboxylic acid groups (broad SMARTS) is 1. The first kappa shape index (κ1) is 11.8. The van der Waals surface area contributed by atoms with E-state index in [2.05, 4.69) is 5.32 Å². The van der Waals surface area contributed by atoms with Gasteiger partial charge in [-0.3, -0.25) is 0 Å². The van der Waals surface area contributed by atoms with Crippen molar-refractivity contribution in [3.05, 3.63) is 0 Å². The first-order valence-electron chi connectivity index (χ1n) is 4.90. The molecule has 1 aliphatic carbocycles. The van der Waals surface area contributed by atoms with Gasteiger partial charge in [0.25, 0.3) is 0 Å². The van der Waals surface area contributed by atoms with Gasteiger partial charge < -0.3 is 20.4 Å². The standard InChI is InChI=1S/C9H16N2O4/c1-11(5-6-2-3-6)9(15)10-4-7(12)8(13)14/h6-7,12H,2-5H2,1H3,(H,10,15)(H,13,14)/t7-/m0/s1. The average molecular weight is 216 g/mol. The van der Waals surface area contributed by atoms with Crippen LogP contribution in [0.15, 0.2) is 0 Å². The molecule has 0 unspecified atom stereocenters. The summed E-state index contributed by atoms with van der Waals surface area (Å²) in [6, 6.07) is -0.345. The van der Waals surface area contributed by atoms with Crippen molar-refractivity contribution in [3.63, 3.8) is 0 Å². The van der Waals surface area contributed by atoms with Gasteiger partial charge in [0, 0.05) is 13.6 Å². The van der Waals surface area contributed by atoms with Crippen LogP contribution in [0.4, 0.5) is 4.79 Å². The van der Waals surface area contributed by atoms with Crippen LogP contribution in [-0.4, -0.2) is 53.4 Å². The van der Waals surface area contributed by atoms with Gasteiger partial charge in [-0.05, 0) is 18.8 Å². The SMILES string of the molecule is CN(CC1CC1)C(=O)NC[C@H](O)C(=O)O. The lowest BCUT2D eigenvalue weighted by atomic mass is 10.3. The van der Waals surface area contributed by atoms with Crippen molar-refractivity contribution in [2.24, 2.45) is 5.92 Å². The molecule has 1 saturated carbocycles. The molecule has 1 atom stereocenters. The number of hydrogen-bond acceptors (Lipinski definition) is 3. The Morgan fingerprint density at radius 3 is 2.60 bits per heavy atom. The van der Waals surface area contributed by atoms with Crippen LogP contribution >= 0.6 is 0 Å². The summed E-state index contributed by atoms with van der Waals surface area (Å²) in [6.07, 6.45) is 0.758. The molecule has 0 heterocycles. The molecule has 1 rings (SSSR count). The molecule has 15 heavy (non-hydrogen) atoms. The summed E-state index contributed by atoms with van der Waals surface area (Å²) in [5.41, 5.74) is 0. The van der Waals surface area contributed by atoms with Crippen LogP contribution in [0.25, 0.3) is 0 Å². The fourth-order valence-electron chi connectivity index (χ4n) is 1.18. The fourth-order valence-corrected chi connectivity index (χ4v) is 1.18. The number of aliphatic hydroxyl groups is 1. The Labute approximate surface area is 87.9 Å². The van der Waals surface area contributed by atoms with E-state index in [1.165, 1.54) is 4.90 Å². The third-order valence-electron chi connectivity index (χ3n) is 2.31. The van der Waals surface area contributed by atoms with Gasteiger partial charge in [-0.25, -0.2) is 9.59 Å². The number of nitrogens with zero attached hydrogens (tertiary/aromatic N) is 1. The number of rotatable bonds is 5. The number of urea groups is 1. The summed E-state index contributed by atoms with van der Waals surface area (Å²) in [6.45, 7) is 0.429. The highest BCUT2D eigenvalue weighted by molar-refractivity contribution is 5.76. The number of amides is 2. The second kappa shape index (κ2) is 4.97. The highest BCUT2D eigenvalue weighted by Crippen LogP contribution is 2.29. The highest BCUT2D eigenvalue weighted by atomic mass is 16.4. The number of carbonyl (C=O) groups is 2. The lowest BCUT2D eigenvalue weighted by molar-refractivity contribution is -0.146. The van der Waals surface area contributed by atoms with Gasteiger partial charge in [0.1, 0.15) is 0 Å². The third-order valence-corrected chi connectivity index (χ3v) is 2.31. The molecular weight excluding hydrogens is 200 g/mol. The van der Waals surface area contributed by atoms with Gasteiger partial charge in [0.15, 0.2) is 6.10 Å². The van der Waals surface area contributed by atoms with Crippen LogP contribution < -0.4 is 5.32 Å². The van der Waals surface area contributed by atoms with E-state index in [0.717, 1.165) is 12.8 Å². The van der Waals surface area contributed by atoms with Crippen molar-refractivity contribution < 1.29 is 19.8 Å². The van der Waals surface area contributed by atoms with E-state index >= 15 is 0 Å². The van der Waals surface area contributed by atoms with E-state index < -0.39 is 12.1 Å². The van der Waals surface area contributed by atoms with Crippen molar-refractivity contribution >= 4 is 12.0 Å². The topological polar surface area (TPSA) is 89.9 Å². The average Bonchev–Trinajstić information content (AvgIpc) is 2.96. The van der Waals surface area contributed by atoms with Crippen LogP contribution in [0.2, 0.25) is 0 Å².